The number of nitrogen functional groups attached to an aromatic ring is 1. The molecule has 0 radical (unpaired) electrons. The van der Waals surface area contributed by atoms with Gasteiger partial charge in [-0.15, -0.1) is 11.3 Å². The van der Waals surface area contributed by atoms with Crippen molar-refractivity contribution < 1.29 is 0 Å². The van der Waals surface area contributed by atoms with E-state index >= 15 is 0 Å². The minimum absolute atomic E-state index is 0.232. The molecular formula is C9H10N4OS2. The van der Waals surface area contributed by atoms with E-state index in [-0.39, 0.29) is 11.4 Å². The number of anilines is 1. The van der Waals surface area contributed by atoms with Gasteiger partial charge in [-0.25, -0.2) is 9.97 Å². The Morgan fingerprint density at radius 3 is 3.00 bits per heavy atom. The normalized spacial score (nSPS) is 10.6. The SMILES string of the molecule is Cc1nc(CSc2nc(N)cc(=O)[nH]2)cs1. The second-order valence-electron chi connectivity index (χ2n) is 3.12. The van der Waals surface area contributed by atoms with Gasteiger partial charge >= 0.3 is 0 Å². The first-order chi connectivity index (χ1) is 7.63. The summed E-state index contributed by atoms with van der Waals surface area (Å²) in [6.07, 6.45) is 0. The number of nitrogens with two attached hydrogens (primary N) is 1. The molecule has 0 aromatic carbocycles. The molecule has 2 heterocycles. The van der Waals surface area contributed by atoms with E-state index in [1.165, 1.54) is 17.8 Å². The molecule has 0 aliphatic rings. The van der Waals surface area contributed by atoms with Crippen LogP contribution in [-0.4, -0.2) is 15.0 Å². The maximum atomic E-state index is 11.1. The molecule has 16 heavy (non-hydrogen) atoms. The molecule has 0 fully saturated rings. The molecule has 0 aliphatic heterocycles. The molecule has 7 heteroatoms. The number of aryl methyl sites for hydroxylation is 1. The van der Waals surface area contributed by atoms with Crippen LogP contribution in [0.5, 0.6) is 0 Å². The van der Waals surface area contributed by atoms with E-state index in [1.54, 1.807) is 11.3 Å². The number of thioether (sulfide) groups is 1. The van der Waals surface area contributed by atoms with Gasteiger partial charge in [0.15, 0.2) is 5.16 Å². The van der Waals surface area contributed by atoms with E-state index in [9.17, 15) is 4.79 Å². The summed E-state index contributed by atoms with van der Waals surface area (Å²) in [6, 6.07) is 1.26. The molecule has 84 valence electrons. The first kappa shape index (κ1) is 11.2. The lowest BCUT2D eigenvalue weighted by molar-refractivity contribution is 0.944. The summed E-state index contributed by atoms with van der Waals surface area (Å²) in [7, 11) is 0. The van der Waals surface area contributed by atoms with Crippen molar-refractivity contribution >= 4 is 28.9 Å². The third kappa shape index (κ3) is 2.83. The highest BCUT2D eigenvalue weighted by molar-refractivity contribution is 7.98. The van der Waals surface area contributed by atoms with Crippen molar-refractivity contribution in [3.8, 4) is 0 Å². The van der Waals surface area contributed by atoms with E-state index in [0.29, 0.717) is 10.9 Å². The molecule has 2 aromatic heterocycles. The van der Waals surface area contributed by atoms with Gasteiger partial charge in [-0.1, -0.05) is 11.8 Å². The van der Waals surface area contributed by atoms with Crippen LogP contribution in [0.15, 0.2) is 21.4 Å². The Bertz CT molecular complexity index is 548. The van der Waals surface area contributed by atoms with Gasteiger partial charge in [0, 0.05) is 17.2 Å². The minimum Gasteiger partial charge on any atom is -0.383 e. The molecule has 2 aromatic rings. The maximum absolute atomic E-state index is 11.1. The summed E-state index contributed by atoms with van der Waals surface area (Å²) < 4.78 is 0. The zero-order chi connectivity index (χ0) is 11.5. The van der Waals surface area contributed by atoms with Gasteiger partial charge in [-0.3, -0.25) is 4.79 Å². The van der Waals surface area contributed by atoms with Crippen LogP contribution in [0.1, 0.15) is 10.7 Å². The fourth-order valence-electron chi connectivity index (χ4n) is 1.14. The largest absolute Gasteiger partial charge is 0.383 e. The Balaban J connectivity index is 2.07. The molecule has 0 atom stereocenters. The Kier molecular flexibility index (Phi) is 3.25. The molecule has 5 nitrogen and oxygen atoms in total. The smallest absolute Gasteiger partial charge is 0.253 e. The lowest BCUT2D eigenvalue weighted by atomic mass is 10.6. The van der Waals surface area contributed by atoms with Crippen molar-refractivity contribution in [2.75, 3.05) is 5.73 Å². The van der Waals surface area contributed by atoms with Crippen molar-refractivity contribution in [2.45, 2.75) is 17.8 Å². The summed E-state index contributed by atoms with van der Waals surface area (Å²) in [5, 5.41) is 3.55. The second-order valence-corrected chi connectivity index (χ2v) is 5.15. The maximum Gasteiger partial charge on any atom is 0.253 e. The van der Waals surface area contributed by atoms with E-state index < -0.39 is 0 Å². The number of nitrogens with zero attached hydrogens (tertiary/aromatic N) is 2. The van der Waals surface area contributed by atoms with Gasteiger partial charge in [-0.05, 0) is 6.92 Å². The van der Waals surface area contributed by atoms with Crippen molar-refractivity contribution in [1.82, 2.24) is 15.0 Å². The predicted octanol–water partition coefficient (Wildman–Crippen LogP) is 1.41. The van der Waals surface area contributed by atoms with Crippen LogP contribution < -0.4 is 11.3 Å². The van der Waals surface area contributed by atoms with Crippen molar-refractivity contribution in [2.24, 2.45) is 0 Å². The number of nitrogens with one attached hydrogen (secondary N) is 1. The van der Waals surface area contributed by atoms with Crippen LogP contribution >= 0.6 is 23.1 Å². The van der Waals surface area contributed by atoms with Crippen LogP contribution in [-0.2, 0) is 5.75 Å². The fourth-order valence-corrected chi connectivity index (χ4v) is 2.63. The highest BCUT2D eigenvalue weighted by atomic mass is 32.2. The number of thiazole rings is 1. The summed E-state index contributed by atoms with van der Waals surface area (Å²) in [6.45, 7) is 1.96. The molecule has 3 N–H and O–H groups in total. The average molecular weight is 254 g/mol. The number of hydrogen-bond donors (Lipinski definition) is 2. The summed E-state index contributed by atoms with van der Waals surface area (Å²) >= 11 is 3.02. The summed E-state index contributed by atoms with van der Waals surface area (Å²) in [5.41, 5.74) is 6.23. The number of hydrogen-bond acceptors (Lipinski definition) is 6. The Hall–Kier alpha value is -1.34. The molecule has 0 unspecified atom stereocenters. The van der Waals surface area contributed by atoms with Gasteiger partial charge in [0.25, 0.3) is 5.56 Å². The van der Waals surface area contributed by atoms with Gasteiger partial charge in [-0.2, -0.15) is 0 Å². The molecule has 0 saturated heterocycles. The Morgan fingerprint density at radius 1 is 1.56 bits per heavy atom. The third-order valence-corrected chi connectivity index (χ3v) is 3.49. The van der Waals surface area contributed by atoms with Crippen LogP contribution in [0.25, 0.3) is 0 Å². The number of H-pyrrole nitrogens is 1. The highest BCUT2D eigenvalue weighted by Crippen LogP contribution is 2.19. The number of aromatic amines is 1. The number of aromatic nitrogens is 3. The minimum atomic E-state index is -0.232. The van der Waals surface area contributed by atoms with E-state index in [2.05, 4.69) is 15.0 Å². The lowest BCUT2D eigenvalue weighted by Crippen LogP contribution is -2.09. The van der Waals surface area contributed by atoms with Gasteiger partial charge in [0.05, 0.1) is 10.7 Å². The van der Waals surface area contributed by atoms with E-state index in [4.69, 9.17) is 5.73 Å². The standard InChI is InChI=1S/C9H10N4OS2/c1-5-11-6(3-15-5)4-16-9-12-7(10)2-8(14)13-9/h2-3H,4H2,1H3,(H3,10,12,13,14). The lowest BCUT2D eigenvalue weighted by Gasteiger charge is -1.99. The first-order valence-electron chi connectivity index (χ1n) is 4.54. The van der Waals surface area contributed by atoms with Crippen molar-refractivity contribution in [1.29, 1.82) is 0 Å². The molecular weight excluding hydrogens is 244 g/mol. The Morgan fingerprint density at radius 2 is 2.38 bits per heavy atom. The topological polar surface area (TPSA) is 84.7 Å². The van der Waals surface area contributed by atoms with Crippen LogP contribution in [0.4, 0.5) is 5.82 Å². The summed E-state index contributed by atoms with van der Waals surface area (Å²) in [5.74, 6) is 0.914. The third-order valence-electron chi connectivity index (χ3n) is 1.76. The zero-order valence-corrected chi connectivity index (χ0v) is 10.2. The fraction of sp³-hybridized carbons (Fsp3) is 0.222. The van der Waals surface area contributed by atoms with Gasteiger partial charge in [0.1, 0.15) is 5.82 Å². The van der Waals surface area contributed by atoms with Gasteiger partial charge in [0.2, 0.25) is 0 Å². The second kappa shape index (κ2) is 4.67. The molecule has 0 aliphatic carbocycles. The molecule has 0 bridgehead atoms. The van der Waals surface area contributed by atoms with Crippen LogP contribution in [0.3, 0.4) is 0 Å². The quantitative estimate of drug-likeness (QED) is 0.639. The van der Waals surface area contributed by atoms with Crippen LogP contribution in [0.2, 0.25) is 0 Å². The molecule has 2 rings (SSSR count). The van der Waals surface area contributed by atoms with Crippen LogP contribution in [0, 0.1) is 6.92 Å². The monoisotopic (exact) mass is 254 g/mol. The van der Waals surface area contributed by atoms with Crippen molar-refractivity contribution in [3.63, 3.8) is 0 Å². The average Bonchev–Trinajstić information content (AvgIpc) is 2.60. The summed E-state index contributed by atoms with van der Waals surface area (Å²) in [4.78, 5) is 22.1. The van der Waals surface area contributed by atoms with E-state index in [1.807, 2.05) is 12.3 Å². The zero-order valence-electron chi connectivity index (χ0n) is 8.56. The van der Waals surface area contributed by atoms with Crippen molar-refractivity contribution in [3.05, 3.63) is 32.5 Å². The molecule has 0 amide bonds. The first-order valence-corrected chi connectivity index (χ1v) is 6.40. The highest BCUT2D eigenvalue weighted by Gasteiger charge is 2.03. The predicted molar refractivity (Wildman–Crippen MR) is 65.7 cm³/mol. The molecule has 0 saturated carbocycles. The number of rotatable bonds is 3. The van der Waals surface area contributed by atoms with Gasteiger partial charge < -0.3 is 10.7 Å². The molecule has 0 spiro atoms. The van der Waals surface area contributed by atoms with E-state index in [0.717, 1.165) is 10.7 Å². The Labute approximate surface area is 100 Å².